The number of ketones is 1. The van der Waals surface area contributed by atoms with Gasteiger partial charge in [-0.1, -0.05) is 78.7 Å². The number of rotatable bonds is 4. The van der Waals surface area contributed by atoms with Crippen molar-refractivity contribution in [2.45, 2.75) is 113 Å². The average Bonchev–Trinajstić information content (AvgIpc) is 2.96. The maximum atomic E-state index is 12.8. The van der Waals surface area contributed by atoms with Crippen LogP contribution in [0.1, 0.15) is 113 Å². The van der Waals surface area contributed by atoms with Crippen LogP contribution in [0.25, 0.3) is 0 Å². The summed E-state index contributed by atoms with van der Waals surface area (Å²) in [6.45, 7) is 19.4. The molecule has 2 saturated carbocycles. The molecule has 31 heavy (non-hydrogen) atoms. The Balaban J connectivity index is 1.67. The lowest BCUT2D eigenvalue weighted by Gasteiger charge is -2.60. The molecule has 0 aromatic heterocycles. The molecule has 2 fully saturated rings. The first-order chi connectivity index (χ1) is 14.4. The predicted octanol–water partition coefficient (Wildman–Crippen LogP) is 8.54. The smallest absolute Gasteiger partial charge is 0.138 e. The van der Waals surface area contributed by atoms with E-state index in [-0.39, 0.29) is 10.8 Å². The highest BCUT2D eigenvalue weighted by atomic mass is 16.1. The maximum absolute atomic E-state index is 12.8. The van der Waals surface area contributed by atoms with Gasteiger partial charge in [0, 0.05) is 11.8 Å². The second-order valence-electron chi connectivity index (χ2n) is 13.4. The summed E-state index contributed by atoms with van der Waals surface area (Å²) in [7, 11) is 0. The summed E-state index contributed by atoms with van der Waals surface area (Å²) in [6, 6.07) is 0. The Bertz CT molecular complexity index is 797. The largest absolute Gasteiger partial charge is 0.299 e. The molecule has 6 atom stereocenters. The van der Waals surface area contributed by atoms with Gasteiger partial charge in [0.05, 0.1) is 0 Å². The Labute approximate surface area is 192 Å². The maximum Gasteiger partial charge on any atom is 0.138 e. The van der Waals surface area contributed by atoms with Crippen molar-refractivity contribution in [3.63, 3.8) is 0 Å². The van der Waals surface area contributed by atoms with E-state index < -0.39 is 0 Å². The van der Waals surface area contributed by atoms with Crippen molar-refractivity contribution >= 4 is 5.78 Å². The van der Waals surface area contributed by atoms with Gasteiger partial charge in [-0.05, 0) is 91.3 Å². The molecule has 0 unspecified atom stereocenters. The van der Waals surface area contributed by atoms with Gasteiger partial charge in [-0.2, -0.15) is 0 Å². The number of allylic oxidation sites excluding steroid dienone is 4. The van der Waals surface area contributed by atoms with E-state index in [2.05, 4.69) is 67.5 Å². The van der Waals surface area contributed by atoms with E-state index in [1.165, 1.54) is 44.9 Å². The minimum atomic E-state index is -0.152. The van der Waals surface area contributed by atoms with Gasteiger partial charge in [-0.25, -0.2) is 0 Å². The van der Waals surface area contributed by atoms with Crippen LogP contribution >= 0.6 is 0 Å². The monoisotopic (exact) mass is 424 g/mol. The van der Waals surface area contributed by atoms with Gasteiger partial charge in [-0.15, -0.1) is 0 Å². The highest BCUT2D eigenvalue weighted by molar-refractivity contribution is 5.85. The van der Waals surface area contributed by atoms with Gasteiger partial charge < -0.3 is 0 Å². The standard InChI is InChI=1S/C30H48O/c1-20(2)10-9-11-21(3)22-14-18-30(8)24-12-13-25-27(4,5)26(31)16-17-28(25,6)23(24)15-19-29(22,30)7/h9,11,20-22,25H,10,12-19H2,1-8H3/b11-9-/t21-,22-,25-,28-,29+,30+/m0/s1. The van der Waals surface area contributed by atoms with Crippen LogP contribution in [0, 0.1) is 45.3 Å². The third-order valence-corrected chi connectivity index (χ3v) is 11.2. The molecular formula is C30H48O. The highest BCUT2D eigenvalue weighted by Gasteiger charge is 2.63. The van der Waals surface area contributed by atoms with Gasteiger partial charge in [0.15, 0.2) is 0 Å². The molecule has 0 aliphatic heterocycles. The minimum Gasteiger partial charge on any atom is -0.299 e. The number of carbonyl (C=O) groups is 1. The molecule has 0 saturated heterocycles. The first-order valence-corrected chi connectivity index (χ1v) is 13.3. The molecule has 0 radical (unpaired) electrons. The minimum absolute atomic E-state index is 0.152. The highest BCUT2D eigenvalue weighted by Crippen LogP contribution is 2.72. The summed E-state index contributed by atoms with van der Waals surface area (Å²) in [4.78, 5) is 12.8. The number of carbonyl (C=O) groups excluding carboxylic acids is 1. The van der Waals surface area contributed by atoms with Crippen LogP contribution in [0.2, 0.25) is 0 Å². The zero-order valence-corrected chi connectivity index (χ0v) is 21.7. The van der Waals surface area contributed by atoms with Crippen LogP contribution in [0.5, 0.6) is 0 Å². The summed E-state index contributed by atoms with van der Waals surface area (Å²) in [6.07, 6.45) is 15.9. The Hall–Kier alpha value is -0.850. The molecule has 0 aromatic rings. The molecule has 0 spiro atoms. The third-order valence-electron chi connectivity index (χ3n) is 11.2. The number of fused-ring (bicyclic) bond motifs is 4. The normalized spacial score (nSPS) is 43.2. The molecule has 0 N–H and O–H groups in total. The number of hydrogen-bond acceptors (Lipinski definition) is 1. The lowest BCUT2D eigenvalue weighted by molar-refractivity contribution is -0.139. The van der Waals surface area contributed by atoms with Crippen LogP contribution in [-0.4, -0.2) is 5.78 Å². The van der Waals surface area contributed by atoms with Crippen LogP contribution < -0.4 is 0 Å². The van der Waals surface area contributed by atoms with E-state index in [0.717, 1.165) is 24.7 Å². The molecule has 0 heterocycles. The summed E-state index contributed by atoms with van der Waals surface area (Å²) < 4.78 is 0. The van der Waals surface area contributed by atoms with E-state index in [4.69, 9.17) is 0 Å². The van der Waals surface area contributed by atoms with E-state index in [1.54, 1.807) is 5.57 Å². The van der Waals surface area contributed by atoms with Crippen LogP contribution in [-0.2, 0) is 4.79 Å². The second-order valence-corrected chi connectivity index (χ2v) is 13.4. The molecule has 0 bridgehead atoms. The van der Waals surface area contributed by atoms with Crippen molar-refractivity contribution in [2.24, 2.45) is 45.3 Å². The van der Waals surface area contributed by atoms with E-state index >= 15 is 0 Å². The van der Waals surface area contributed by atoms with Crippen LogP contribution in [0.4, 0.5) is 0 Å². The predicted molar refractivity (Wildman–Crippen MR) is 132 cm³/mol. The van der Waals surface area contributed by atoms with Gasteiger partial charge in [0.1, 0.15) is 5.78 Å². The molecule has 4 aliphatic carbocycles. The van der Waals surface area contributed by atoms with Crippen molar-refractivity contribution in [1.82, 2.24) is 0 Å². The topological polar surface area (TPSA) is 17.1 Å². The summed E-state index contributed by atoms with van der Waals surface area (Å²) in [5.74, 6) is 3.26. The summed E-state index contributed by atoms with van der Waals surface area (Å²) in [5, 5.41) is 0. The Morgan fingerprint density at radius 3 is 2.29 bits per heavy atom. The van der Waals surface area contributed by atoms with E-state index in [9.17, 15) is 4.79 Å². The van der Waals surface area contributed by atoms with Crippen molar-refractivity contribution < 1.29 is 4.79 Å². The van der Waals surface area contributed by atoms with Gasteiger partial charge in [-0.3, -0.25) is 4.79 Å². The number of Topliss-reactive ketones (excluding diaryl/α,β-unsaturated/α-hetero) is 1. The lowest BCUT2D eigenvalue weighted by Crippen LogP contribution is -2.53. The fourth-order valence-corrected chi connectivity index (χ4v) is 9.07. The molecule has 0 amide bonds. The van der Waals surface area contributed by atoms with Crippen molar-refractivity contribution in [3.8, 4) is 0 Å². The van der Waals surface area contributed by atoms with Crippen molar-refractivity contribution in [2.75, 3.05) is 0 Å². The average molecular weight is 425 g/mol. The molecule has 174 valence electrons. The first-order valence-electron chi connectivity index (χ1n) is 13.3. The summed E-state index contributed by atoms with van der Waals surface area (Å²) in [5.41, 5.74) is 4.50. The number of hydrogen-bond donors (Lipinski definition) is 0. The molecule has 4 rings (SSSR count). The second kappa shape index (κ2) is 7.59. The SMILES string of the molecule is CC(C)C/C=C\[C@H](C)[C@@H]1CC[C@]2(C)C3=C(CC[C@]12C)[C@]1(C)CCC(=O)C(C)(C)[C@@H]1CC3. The zero-order valence-electron chi connectivity index (χ0n) is 21.7. The van der Waals surface area contributed by atoms with Gasteiger partial charge in [0.2, 0.25) is 0 Å². The van der Waals surface area contributed by atoms with Gasteiger partial charge in [0.25, 0.3) is 0 Å². The van der Waals surface area contributed by atoms with Crippen molar-refractivity contribution in [1.29, 1.82) is 0 Å². The van der Waals surface area contributed by atoms with E-state index in [0.29, 0.717) is 28.4 Å². The Morgan fingerprint density at radius 1 is 0.903 bits per heavy atom. The van der Waals surface area contributed by atoms with E-state index in [1.807, 2.05) is 5.57 Å². The molecule has 1 nitrogen and oxygen atoms in total. The third kappa shape index (κ3) is 3.26. The van der Waals surface area contributed by atoms with Crippen LogP contribution in [0.3, 0.4) is 0 Å². The van der Waals surface area contributed by atoms with Gasteiger partial charge >= 0.3 is 0 Å². The first kappa shape index (κ1) is 23.3. The molecule has 1 heteroatoms. The molecular weight excluding hydrogens is 376 g/mol. The van der Waals surface area contributed by atoms with Crippen molar-refractivity contribution in [3.05, 3.63) is 23.3 Å². The Kier molecular flexibility index (Phi) is 5.71. The zero-order chi connectivity index (χ0) is 22.8. The quantitative estimate of drug-likeness (QED) is 0.413. The Morgan fingerprint density at radius 2 is 1.61 bits per heavy atom. The fourth-order valence-electron chi connectivity index (χ4n) is 9.07. The lowest BCUT2D eigenvalue weighted by atomic mass is 9.43. The fraction of sp³-hybridized carbons (Fsp3) is 0.833. The molecule has 4 aliphatic rings. The summed E-state index contributed by atoms with van der Waals surface area (Å²) >= 11 is 0. The van der Waals surface area contributed by atoms with Crippen LogP contribution in [0.15, 0.2) is 23.3 Å². The molecule has 0 aromatic carbocycles.